The van der Waals surface area contributed by atoms with Crippen LogP contribution in [0.15, 0.2) is 11.4 Å². The molecule has 0 bridgehead atoms. The molecule has 1 aliphatic rings. The maximum absolute atomic E-state index is 12.9. The van der Waals surface area contributed by atoms with Gasteiger partial charge in [0.2, 0.25) is 0 Å². The van der Waals surface area contributed by atoms with Gasteiger partial charge in [0.25, 0.3) is 0 Å². The predicted octanol–water partition coefficient (Wildman–Crippen LogP) is 2.19. The van der Waals surface area contributed by atoms with E-state index < -0.39 is 7.12 Å². The zero-order chi connectivity index (χ0) is 11.3. The summed E-state index contributed by atoms with van der Waals surface area (Å²) < 4.78 is 25.2. The van der Waals surface area contributed by atoms with Crippen LogP contribution >= 0.6 is 11.3 Å². The Morgan fingerprint density at radius 3 is 2.13 bits per heavy atom. The Kier molecular flexibility index (Phi) is 2.45. The summed E-state index contributed by atoms with van der Waals surface area (Å²) in [5.74, 6) is -0.232. The molecule has 0 amide bonds. The normalized spacial score (nSPS) is 23.4. The molecule has 5 heteroatoms. The Labute approximate surface area is 93.5 Å². The molecule has 0 aliphatic carbocycles. The van der Waals surface area contributed by atoms with E-state index in [9.17, 15) is 4.39 Å². The molecule has 0 aromatic carbocycles. The fraction of sp³-hybridized carbons (Fsp3) is 0.600. The lowest BCUT2D eigenvalue weighted by Gasteiger charge is -2.32. The molecule has 15 heavy (non-hydrogen) atoms. The Balaban J connectivity index is 2.23. The van der Waals surface area contributed by atoms with Gasteiger partial charge in [0, 0.05) is 10.2 Å². The predicted molar refractivity (Wildman–Crippen MR) is 60.0 cm³/mol. The molecule has 0 atom stereocenters. The molecule has 1 aromatic heterocycles. The highest BCUT2D eigenvalue weighted by molar-refractivity contribution is 7.20. The van der Waals surface area contributed by atoms with Crippen molar-refractivity contribution in [3.63, 3.8) is 0 Å². The van der Waals surface area contributed by atoms with Crippen molar-refractivity contribution in [3.05, 3.63) is 17.3 Å². The zero-order valence-electron chi connectivity index (χ0n) is 9.33. The lowest BCUT2D eigenvalue weighted by atomic mass is 9.88. The minimum atomic E-state index is -0.440. The summed E-state index contributed by atoms with van der Waals surface area (Å²) in [5, 5.41) is 1.46. The largest absolute Gasteiger partial charge is 0.505 e. The summed E-state index contributed by atoms with van der Waals surface area (Å²) in [6.45, 7) is 7.93. The van der Waals surface area contributed by atoms with Gasteiger partial charge >= 0.3 is 7.12 Å². The van der Waals surface area contributed by atoms with Gasteiger partial charge in [-0.1, -0.05) is 0 Å². The van der Waals surface area contributed by atoms with E-state index in [1.54, 1.807) is 0 Å². The lowest BCUT2D eigenvalue weighted by Crippen LogP contribution is -2.41. The van der Waals surface area contributed by atoms with Gasteiger partial charge in [-0.25, -0.2) is 4.39 Å². The van der Waals surface area contributed by atoms with Crippen molar-refractivity contribution in [2.45, 2.75) is 38.9 Å². The first-order chi connectivity index (χ1) is 6.82. The standard InChI is InChI=1S/C10H14BFO2S/c1-9(2)10(3,4)14-11(13-9)8-5-7(12)6-15-8/h5-6H,1-4H3. The van der Waals surface area contributed by atoms with Crippen LogP contribution in [-0.2, 0) is 9.31 Å². The van der Waals surface area contributed by atoms with Crippen molar-refractivity contribution >= 4 is 23.2 Å². The van der Waals surface area contributed by atoms with Crippen molar-refractivity contribution in [1.82, 2.24) is 0 Å². The van der Waals surface area contributed by atoms with E-state index in [0.29, 0.717) is 0 Å². The van der Waals surface area contributed by atoms with E-state index >= 15 is 0 Å². The summed E-state index contributed by atoms with van der Waals surface area (Å²) in [6, 6.07) is 1.47. The van der Waals surface area contributed by atoms with Crippen molar-refractivity contribution in [2.24, 2.45) is 0 Å². The van der Waals surface area contributed by atoms with E-state index in [2.05, 4.69) is 0 Å². The smallest absolute Gasteiger partial charge is 0.399 e. The molecule has 1 aliphatic heterocycles. The molecular formula is C10H14BFO2S. The molecule has 2 heterocycles. The van der Waals surface area contributed by atoms with Crippen molar-refractivity contribution in [2.75, 3.05) is 0 Å². The van der Waals surface area contributed by atoms with Crippen LogP contribution in [-0.4, -0.2) is 18.3 Å². The van der Waals surface area contributed by atoms with Gasteiger partial charge in [0.15, 0.2) is 0 Å². The molecule has 1 fully saturated rings. The SMILES string of the molecule is CC1(C)OB(c2cc(F)cs2)OC1(C)C. The minimum Gasteiger partial charge on any atom is -0.399 e. The fourth-order valence-corrected chi connectivity index (χ4v) is 2.12. The molecule has 1 aromatic rings. The molecule has 0 radical (unpaired) electrons. The van der Waals surface area contributed by atoms with Crippen LogP contribution in [0.3, 0.4) is 0 Å². The van der Waals surface area contributed by atoms with Gasteiger partial charge in [0.1, 0.15) is 5.82 Å². The van der Waals surface area contributed by atoms with Crippen molar-refractivity contribution < 1.29 is 13.7 Å². The number of hydrogen-bond acceptors (Lipinski definition) is 3. The summed E-state index contributed by atoms with van der Waals surface area (Å²) in [4.78, 5) is 0. The summed E-state index contributed by atoms with van der Waals surface area (Å²) in [6.07, 6.45) is 0. The van der Waals surface area contributed by atoms with E-state index in [0.717, 1.165) is 4.78 Å². The number of thiophene rings is 1. The monoisotopic (exact) mass is 228 g/mol. The first-order valence-electron chi connectivity index (χ1n) is 4.91. The molecule has 2 rings (SSSR count). The number of rotatable bonds is 1. The maximum Gasteiger partial charge on any atom is 0.505 e. The highest BCUT2D eigenvalue weighted by Crippen LogP contribution is 2.36. The molecule has 0 unspecified atom stereocenters. The summed E-state index contributed by atoms with van der Waals surface area (Å²) in [5.41, 5.74) is -0.726. The van der Waals surface area contributed by atoms with E-state index in [1.807, 2.05) is 27.7 Å². The molecule has 82 valence electrons. The van der Waals surface area contributed by atoms with Crippen molar-refractivity contribution in [1.29, 1.82) is 0 Å². The van der Waals surface area contributed by atoms with Gasteiger partial charge in [-0.2, -0.15) is 0 Å². The van der Waals surface area contributed by atoms with Crippen LogP contribution in [0.4, 0.5) is 4.39 Å². The van der Waals surface area contributed by atoms with Crippen LogP contribution in [0, 0.1) is 5.82 Å². The third-order valence-electron chi connectivity index (χ3n) is 3.07. The van der Waals surface area contributed by atoms with Crippen LogP contribution in [0.1, 0.15) is 27.7 Å². The fourth-order valence-electron chi connectivity index (χ4n) is 1.41. The van der Waals surface area contributed by atoms with E-state index in [4.69, 9.17) is 9.31 Å². The van der Waals surface area contributed by atoms with E-state index in [-0.39, 0.29) is 17.0 Å². The first-order valence-corrected chi connectivity index (χ1v) is 5.79. The zero-order valence-corrected chi connectivity index (χ0v) is 10.2. The Morgan fingerprint density at radius 2 is 1.73 bits per heavy atom. The molecular weight excluding hydrogens is 214 g/mol. The molecule has 0 spiro atoms. The molecule has 2 nitrogen and oxygen atoms in total. The van der Waals surface area contributed by atoms with Crippen LogP contribution in [0.5, 0.6) is 0 Å². The topological polar surface area (TPSA) is 18.5 Å². The van der Waals surface area contributed by atoms with Gasteiger partial charge in [-0.15, -0.1) is 11.3 Å². The van der Waals surface area contributed by atoms with Crippen molar-refractivity contribution in [3.8, 4) is 0 Å². The quantitative estimate of drug-likeness (QED) is 0.686. The lowest BCUT2D eigenvalue weighted by molar-refractivity contribution is 0.00578. The molecule has 0 saturated carbocycles. The molecule has 0 N–H and O–H groups in total. The van der Waals surface area contributed by atoms with E-state index in [1.165, 1.54) is 22.8 Å². The number of halogens is 1. The van der Waals surface area contributed by atoms with Gasteiger partial charge < -0.3 is 9.31 Å². The summed E-state index contributed by atoms with van der Waals surface area (Å²) >= 11 is 1.32. The first kappa shape index (κ1) is 11.1. The highest BCUT2D eigenvalue weighted by atomic mass is 32.1. The Bertz CT molecular complexity index is 359. The minimum absolute atomic E-state index is 0.232. The molecule has 1 saturated heterocycles. The third kappa shape index (κ3) is 1.84. The second kappa shape index (κ2) is 3.30. The van der Waals surface area contributed by atoms with Crippen LogP contribution in [0.2, 0.25) is 0 Å². The second-order valence-corrected chi connectivity index (χ2v) is 5.70. The van der Waals surface area contributed by atoms with Gasteiger partial charge in [-0.3, -0.25) is 0 Å². The van der Waals surface area contributed by atoms with Crippen LogP contribution < -0.4 is 4.78 Å². The maximum atomic E-state index is 12.9. The highest BCUT2D eigenvalue weighted by Gasteiger charge is 2.52. The Hall–Kier alpha value is -0.385. The van der Waals surface area contributed by atoms with Gasteiger partial charge in [-0.05, 0) is 33.8 Å². The number of hydrogen-bond donors (Lipinski definition) is 0. The average Bonchev–Trinajstić information content (AvgIpc) is 2.56. The Morgan fingerprint density at radius 1 is 1.20 bits per heavy atom. The average molecular weight is 228 g/mol. The summed E-state index contributed by atoms with van der Waals surface area (Å²) in [7, 11) is -0.440. The third-order valence-corrected chi connectivity index (χ3v) is 4.00. The van der Waals surface area contributed by atoms with Gasteiger partial charge in [0.05, 0.1) is 11.2 Å². The second-order valence-electron chi connectivity index (χ2n) is 4.76. The van der Waals surface area contributed by atoms with Crippen LogP contribution in [0.25, 0.3) is 0 Å².